The largest absolute Gasteiger partial charge is 0.368 e. The van der Waals surface area contributed by atoms with Crippen LogP contribution in [-0.4, -0.2) is 31.1 Å². The molecule has 4 aromatic rings. The molecule has 0 saturated heterocycles. The summed E-state index contributed by atoms with van der Waals surface area (Å²) in [6.07, 6.45) is 6.00. The summed E-state index contributed by atoms with van der Waals surface area (Å²) in [4.78, 5) is 18.7. The molecule has 1 aromatic carbocycles. The lowest BCUT2D eigenvalue weighted by Crippen LogP contribution is -2.08. The van der Waals surface area contributed by atoms with Gasteiger partial charge < -0.3 is 5.32 Å². The molecule has 0 bridgehead atoms. The Morgan fingerprint density at radius 3 is 2.56 bits per heavy atom. The maximum Gasteiger partial charge on any atom is 0.269 e. The average Bonchev–Trinajstić information content (AvgIpc) is 3.12. The summed E-state index contributed by atoms with van der Waals surface area (Å²) in [5.74, 6) is 0.734. The van der Waals surface area contributed by atoms with Crippen molar-refractivity contribution < 1.29 is 4.92 Å². The fourth-order valence-electron chi connectivity index (χ4n) is 2.81. The van der Waals surface area contributed by atoms with E-state index in [0.717, 1.165) is 34.7 Å². The number of hydrogen-bond acceptors (Lipinski definition) is 6. The molecule has 0 spiro atoms. The van der Waals surface area contributed by atoms with Crippen LogP contribution in [0.1, 0.15) is 5.56 Å². The third-order valence-corrected chi connectivity index (χ3v) is 4.21. The van der Waals surface area contributed by atoms with Crippen LogP contribution in [0.15, 0.2) is 67.1 Å². The Balaban J connectivity index is 1.47. The van der Waals surface area contributed by atoms with Crippen LogP contribution in [0.4, 0.5) is 11.5 Å². The number of imidazole rings is 1. The van der Waals surface area contributed by atoms with Crippen molar-refractivity contribution in [3.8, 4) is 11.3 Å². The Morgan fingerprint density at radius 2 is 1.81 bits per heavy atom. The predicted molar refractivity (Wildman–Crippen MR) is 102 cm³/mol. The molecule has 0 aliphatic carbocycles. The van der Waals surface area contributed by atoms with Gasteiger partial charge in [0.05, 0.1) is 16.8 Å². The molecular weight excluding hydrogens is 344 g/mol. The molecule has 1 N–H and O–H groups in total. The quantitative estimate of drug-likeness (QED) is 0.418. The van der Waals surface area contributed by atoms with Gasteiger partial charge in [-0.05, 0) is 36.2 Å². The number of anilines is 1. The van der Waals surface area contributed by atoms with Crippen LogP contribution in [0, 0.1) is 10.1 Å². The van der Waals surface area contributed by atoms with Crippen molar-refractivity contribution >= 4 is 17.2 Å². The molecule has 0 aliphatic rings. The number of pyridine rings is 1. The molecule has 3 heterocycles. The first-order valence-electron chi connectivity index (χ1n) is 8.43. The van der Waals surface area contributed by atoms with Gasteiger partial charge in [0.25, 0.3) is 5.69 Å². The number of nitro groups is 1. The fraction of sp³-hybridized carbons (Fsp3) is 0.105. The van der Waals surface area contributed by atoms with Gasteiger partial charge in [-0.3, -0.25) is 15.1 Å². The number of hydrogen-bond donors (Lipinski definition) is 1. The molecule has 4 rings (SSSR count). The lowest BCUT2D eigenvalue weighted by atomic mass is 10.1. The second-order valence-electron chi connectivity index (χ2n) is 5.97. The monoisotopic (exact) mass is 360 g/mol. The van der Waals surface area contributed by atoms with Crippen molar-refractivity contribution in [3.63, 3.8) is 0 Å². The minimum Gasteiger partial charge on any atom is -0.368 e. The summed E-state index contributed by atoms with van der Waals surface area (Å²) in [5.41, 5.74) is 3.78. The van der Waals surface area contributed by atoms with Crippen molar-refractivity contribution in [2.24, 2.45) is 0 Å². The molecule has 0 saturated carbocycles. The Bertz CT molecular complexity index is 1080. The van der Waals surface area contributed by atoms with Gasteiger partial charge in [0, 0.05) is 36.6 Å². The minimum atomic E-state index is -0.396. The van der Waals surface area contributed by atoms with E-state index in [4.69, 9.17) is 0 Å². The summed E-state index contributed by atoms with van der Waals surface area (Å²) in [7, 11) is 0. The van der Waals surface area contributed by atoms with Crippen LogP contribution in [-0.2, 0) is 6.42 Å². The third-order valence-electron chi connectivity index (χ3n) is 4.21. The van der Waals surface area contributed by atoms with Gasteiger partial charge in [-0.1, -0.05) is 12.1 Å². The fourth-order valence-corrected chi connectivity index (χ4v) is 2.81. The minimum absolute atomic E-state index is 0.0996. The zero-order chi connectivity index (χ0) is 18.6. The highest BCUT2D eigenvalue weighted by molar-refractivity contribution is 5.63. The van der Waals surface area contributed by atoms with Crippen LogP contribution < -0.4 is 5.32 Å². The number of rotatable bonds is 6. The number of benzene rings is 1. The SMILES string of the molecule is O=[N+]([O-])c1ccc(CCNc2ccc3ncc(-c4ccncc4)n3n2)cc1. The zero-order valence-electron chi connectivity index (χ0n) is 14.3. The molecule has 27 heavy (non-hydrogen) atoms. The molecule has 0 fully saturated rings. The van der Waals surface area contributed by atoms with Gasteiger partial charge in [-0.2, -0.15) is 0 Å². The van der Waals surface area contributed by atoms with Crippen LogP contribution in [0.2, 0.25) is 0 Å². The molecule has 0 amide bonds. The second-order valence-corrected chi connectivity index (χ2v) is 5.97. The number of aromatic nitrogens is 4. The Morgan fingerprint density at radius 1 is 1.04 bits per heavy atom. The van der Waals surface area contributed by atoms with Crippen molar-refractivity contribution in [1.82, 2.24) is 19.6 Å². The maximum atomic E-state index is 10.7. The third kappa shape index (κ3) is 3.59. The highest BCUT2D eigenvalue weighted by atomic mass is 16.6. The smallest absolute Gasteiger partial charge is 0.269 e. The highest BCUT2D eigenvalue weighted by Gasteiger charge is 2.08. The zero-order valence-corrected chi connectivity index (χ0v) is 14.3. The van der Waals surface area contributed by atoms with E-state index in [1.54, 1.807) is 35.2 Å². The molecule has 8 nitrogen and oxygen atoms in total. The summed E-state index contributed by atoms with van der Waals surface area (Å²) in [6.45, 7) is 0.662. The first kappa shape index (κ1) is 16.6. The van der Waals surface area contributed by atoms with E-state index in [-0.39, 0.29) is 5.69 Å². The lowest BCUT2D eigenvalue weighted by molar-refractivity contribution is -0.384. The molecule has 0 atom stereocenters. The molecule has 3 aromatic heterocycles. The number of non-ortho nitro benzene ring substituents is 1. The molecule has 0 radical (unpaired) electrons. The molecule has 0 unspecified atom stereocenters. The first-order chi connectivity index (χ1) is 13.2. The summed E-state index contributed by atoms with van der Waals surface area (Å²) >= 11 is 0. The van der Waals surface area contributed by atoms with E-state index in [1.165, 1.54) is 12.1 Å². The van der Waals surface area contributed by atoms with Crippen LogP contribution in [0.25, 0.3) is 16.9 Å². The normalized spacial score (nSPS) is 10.8. The van der Waals surface area contributed by atoms with E-state index in [2.05, 4.69) is 20.4 Å². The summed E-state index contributed by atoms with van der Waals surface area (Å²) in [5, 5.41) is 18.6. The molecular formula is C19H16N6O2. The highest BCUT2D eigenvalue weighted by Crippen LogP contribution is 2.20. The van der Waals surface area contributed by atoms with Crippen LogP contribution in [0.5, 0.6) is 0 Å². The number of nitrogens with zero attached hydrogens (tertiary/aromatic N) is 5. The standard InChI is InChI=1S/C19H16N6O2/c26-25(27)16-3-1-14(2-4-16)7-12-21-18-5-6-19-22-13-17(24(19)23-18)15-8-10-20-11-9-15/h1-6,8-11,13H,7,12H2,(H,21,23). The number of fused-ring (bicyclic) bond motifs is 1. The van der Waals surface area contributed by atoms with Gasteiger partial charge in [0.15, 0.2) is 5.65 Å². The van der Waals surface area contributed by atoms with Gasteiger partial charge >= 0.3 is 0 Å². The van der Waals surface area contributed by atoms with Crippen LogP contribution in [0.3, 0.4) is 0 Å². The van der Waals surface area contributed by atoms with Gasteiger partial charge in [0.1, 0.15) is 5.82 Å². The second kappa shape index (κ2) is 7.20. The van der Waals surface area contributed by atoms with Gasteiger partial charge in [-0.15, -0.1) is 5.10 Å². The Kier molecular flexibility index (Phi) is 4.44. The molecule has 134 valence electrons. The lowest BCUT2D eigenvalue weighted by Gasteiger charge is -2.07. The first-order valence-corrected chi connectivity index (χ1v) is 8.43. The number of nitro benzene ring substituents is 1. The predicted octanol–water partition coefficient (Wildman–Crippen LogP) is 3.35. The van der Waals surface area contributed by atoms with E-state index < -0.39 is 4.92 Å². The van der Waals surface area contributed by atoms with E-state index in [0.29, 0.717) is 6.54 Å². The van der Waals surface area contributed by atoms with Crippen molar-refractivity contribution in [1.29, 1.82) is 0 Å². The van der Waals surface area contributed by atoms with Gasteiger partial charge in [0.2, 0.25) is 0 Å². The molecule has 0 aliphatic heterocycles. The summed E-state index contributed by atoms with van der Waals surface area (Å²) in [6, 6.07) is 14.2. The van der Waals surface area contributed by atoms with Crippen LogP contribution >= 0.6 is 0 Å². The summed E-state index contributed by atoms with van der Waals surface area (Å²) < 4.78 is 1.80. The average molecular weight is 360 g/mol. The van der Waals surface area contributed by atoms with E-state index >= 15 is 0 Å². The number of nitrogens with one attached hydrogen (secondary N) is 1. The Labute approximate surface area is 154 Å². The van der Waals surface area contributed by atoms with Crippen molar-refractivity contribution in [3.05, 3.63) is 82.8 Å². The van der Waals surface area contributed by atoms with Crippen molar-refractivity contribution in [2.45, 2.75) is 6.42 Å². The van der Waals surface area contributed by atoms with Crippen molar-refractivity contribution in [2.75, 3.05) is 11.9 Å². The topological polar surface area (TPSA) is 98.2 Å². The van der Waals surface area contributed by atoms with Gasteiger partial charge in [-0.25, -0.2) is 9.50 Å². The maximum absolute atomic E-state index is 10.7. The van der Waals surface area contributed by atoms with E-state index in [1.807, 2.05) is 24.3 Å². The molecule has 8 heteroatoms. The Hall–Kier alpha value is -3.81. The van der Waals surface area contributed by atoms with E-state index in [9.17, 15) is 10.1 Å².